The summed E-state index contributed by atoms with van der Waals surface area (Å²) in [5.41, 5.74) is 4.63. The third-order valence-electron chi connectivity index (χ3n) is 5.02. The molecule has 0 fully saturated rings. The molecule has 29 heavy (non-hydrogen) atoms. The first kappa shape index (κ1) is 21.0. The van der Waals surface area contributed by atoms with Gasteiger partial charge in [-0.3, -0.25) is 14.5 Å². The van der Waals surface area contributed by atoms with E-state index in [2.05, 4.69) is 10.3 Å². The van der Waals surface area contributed by atoms with Crippen LogP contribution >= 0.6 is 12.4 Å². The highest BCUT2D eigenvalue weighted by Crippen LogP contribution is 2.37. The van der Waals surface area contributed by atoms with E-state index in [9.17, 15) is 9.18 Å². The molecule has 1 amide bonds. The highest BCUT2D eigenvalue weighted by molar-refractivity contribution is 5.85. The van der Waals surface area contributed by atoms with E-state index in [0.717, 1.165) is 28.1 Å². The summed E-state index contributed by atoms with van der Waals surface area (Å²) < 4.78 is 15.4. The molecule has 1 aliphatic heterocycles. The number of pyridine rings is 1. The monoisotopic (exact) mass is 415 g/mol. The number of hydrogen-bond donors (Lipinski definition) is 1. The van der Waals surface area contributed by atoms with Gasteiger partial charge in [0.1, 0.15) is 11.5 Å². The summed E-state index contributed by atoms with van der Waals surface area (Å²) in [4.78, 5) is 18.0. The zero-order valence-electron chi connectivity index (χ0n) is 16.3. The molecule has 3 aromatic rings. The molecule has 0 saturated heterocycles. The number of carbonyl (C=O) groups is 1. The zero-order chi connectivity index (χ0) is 19.7. The van der Waals surface area contributed by atoms with E-state index < -0.39 is 0 Å². The third-order valence-corrected chi connectivity index (χ3v) is 5.02. The number of benzene rings is 1. The van der Waals surface area contributed by atoms with Gasteiger partial charge in [-0.2, -0.15) is 5.10 Å². The molecule has 2 aromatic heterocycles. The Morgan fingerprint density at radius 3 is 2.52 bits per heavy atom. The summed E-state index contributed by atoms with van der Waals surface area (Å²) in [5.74, 6) is -0.224. The molecular formula is C21H23ClFN5O. The average Bonchev–Trinajstić information content (AvgIpc) is 3.09. The van der Waals surface area contributed by atoms with E-state index in [-0.39, 0.29) is 30.2 Å². The van der Waals surface area contributed by atoms with Crippen LogP contribution in [0.15, 0.2) is 48.8 Å². The van der Waals surface area contributed by atoms with Gasteiger partial charge in [-0.1, -0.05) is 0 Å². The minimum atomic E-state index is -0.283. The predicted molar refractivity (Wildman–Crippen MR) is 112 cm³/mol. The molecule has 8 heteroatoms. The van der Waals surface area contributed by atoms with E-state index in [1.165, 1.54) is 12.1 Å². The molecule has 152 valence electrons. The number of nitrogens with zero attached hydrogens (tertiary/aromatic N) is 4. The Morgan fingerprint density at radius 1 is 1.17 bits per heavy atom. The average molecular weight is 416 g/mol. The lowest BCUT2D eigenvalue weighted by Gasteiger charge is -2.26. The van der Waals surface area contributed by atoms with Gasteiger partial charge in [0.25, 0.3) is 0 Å². The molecule has 6 nitrogen and oxygen atoms in total. The molecule has 0 saturated carbocycles. The molecule has 0 aliphatic carbocycles. The Labute approximate surface area is 175 Å². The van der Waals surface area contributed by atoms with Crippen molar-refractivity contribution in [1.82, 2.24) is 25.0 Å². The standard InChI is InChI=1S/C21H22FN5O.ClH/c1-26(2)19(28)11-17-12-24-13-18-20(14-7-9-23-10-8-14)21(25-27(17)18)15-3-5-16(22)6-4-15;/h3-10,17,24H,11-13H2,1-2H3;1H/t17-;/m1./s1. The molecule has 1 atom stereocenters. The minimum absolute atomic E-state index is 0. The van der Waals surface area contributed by atoms with Gasteiger partial charge < -0.3 is 10.2 Å². The fourth-order valence-corrected chi connectivity index (χ4v) is 3.56. The number of amides is 1. The van der Waals surface area contributed by atoms with Crippen molar-refractivity contribution in [3.63, 3.8) is 0 Å². The highest BCUT2D eigenvalue weighted by Gasteiger charge is 2.29. The predicted octanol–water partition coefficient (Wildman–Crippen LogP) is 3.30. The third kappa shape index (κ3) is 4.16. The van der Waals surface area contributed by atoms with E-state index in [0.29, 0.717) is 19.5 Å². The van der Waals surface area contributed by atoms with Crippen LogP contribution in [0.25, 0.3) is 22.4 Å². The summed E-state index contributed by atoms with van der Waals surface area (Å²) in [6.07, 6.45) is 3.86. The first-order valence-corrected chi connectivity index (χ1v) is 9.23. The Kier molecular flexibility index (Phi) is 6.30. The number of fused-ring (bicyclic) bond motifs is 1. The van der Waals surface area contributed by atoms with Gasteiger partial charge in [-0.15, -0.1) is 12.4 Å². The molecule has 1 aliphatic rings. The maximum absolute atomic E-state index is 13.4. The molecular weight excluding hydrogens is 393 g/mol. The Balaban J connectivity index is 0.00000240. The zero-order valence-corrected chi connectivity index (χ0v) is 17.1. The largest absolute Gasteiger partial charge is 0.349 e. The van der Waals surface area contributed by atoms with E-state index >= 15 is 0 Å². The molecule has 0 bridgehead atoms. The van der Waals surface area contributed by atoms with Crippen LogP contribution in [0.2, 0.25) is 0 Å². The van der Waals surface area contributed by atoms with Gasteiger partial charge in [-0.25, -0.2) is 4.39 Å². The number of hydrogen-bond acceptors (Lipinski definition) is 4. The smallest absolute Gasteiger partial charge is 0.224 e. The fourth-order valence-electron chi connectivity index (χ4n) is 3.56. The Morgan fingerprint density at radius 2 is 1.86 bits per heavy atom. The summed E-state index contributed by atoms with van der Waals surface area (Å²) >= 11 is 0. The topological polar surface area (TPSA) is 63.1 Å². The number of carbonyl (C=O) groups excluding carboxylic acids is 1. The van der Waals surface area contributed by atoms with Gasteiger partial charge >= 0.3 is 0 Å². The lowest BCUT2D eigenvalue weighted by atomic mass is 9.98. The van der Waals surface area contributed by atoms with Crippen LogP contribution in [0.1, 0.15) is 18.2 Å². The summed E-state index contributed by atoms with van der Waals surface area (Å²) in [6, 6.07) is 10.2. The van der Waals surface area contributed by atoms with Crippen molar-refractivity contribution >= 4 is 18.3 Å². The van der Waals surface area contributed by atoms with Crippen LogP contribution in [0, 0.1) is 5.82 Å². The SMILES string of the molecule is CN(C)C(=O)C[C@@H]1CNCc2c(-c3ccncc3)c(-c3ccc(F)cc3)nn21.Cl. The van der Waals surface area contributed by atoms with Crippen molar-refractivity contribution in [2.75, 3.05) is 20.6 Å². The highest BCUT2D eigenvalue weighted by atomic mass is 35.5. The molecule has 0 spiro atoms. The van der Waals surface area contributed by atoms with Crippen LogP contribution in [0.5, 0.6) is 0 Å². The van der Waals surface area contributed by atoms with Crippen molar-refractivity contribution in [3.05, 3.63) is 60.3 Å². The van der Waals surface area contributed by atoms with Crippen LogP contribution in [-0.2, 0) is 11.3 Å². The quantitative estimate of drug-likeness (QED) is 0.710. The second kappa shape index (κ2) is 8.71. The van der Waals surface area contributed by atoms with E-state index in [4.69, 9.17) is 5.10 Å². The normalized spacial score (nSPS) is 15.3. The molecule has 4 rings (SSSR count). The summed E-state index contributed by atoms with van der Waals surface area (Å²) in [7, 11) is 3.52. The first-order valence-electron chi connectivity index (χ1n) is 9.23. The second-order valence-corrected chi connectivity index (χ2v) is 7.13. The molecule has 0 radical (unpaired) electrons. The van der Waals surface area contributed by atoms with Crippen LogP contribution in [0.4, 0.5) is 4.39 Å². The lowest BCUT2D eigenvalue weighted by molar-refractivity contribution is -0.129. The summed E-state index contributed by atoms with van der Waals surface area (Å²) in [6.45, 7) is 1.32. The summed E-state index contributed by atoms with van der Waals surface area (Å²) in [5, 5.41) is 8.30. The van der Waals surface area contributed by atoms with Crippen LogP contribution < -0.4 is 5.32 Å². The van der Waals surface area contributed by atoms with Crippen molar-refractivity contribution in [1.29, 1.82) is 0 Å². The van der Waals surface area contributed by atoms with Gasteiger partial charge in [0.15, 0.2) is 0 Å². The van der Waals surface area contributed by atoms with Gasteiger partial charge in [-0.05, 0) is 42.0 Å². The number of rotatable bonds is 4. The van der Waals surface area contributed by atoms with Gasteiger partial charge in [0, 0.05) is 50.7 Å². The maximum Gasteiger partial charge on any atom is 0.224 e. The molecule has 1 N–H and O–H groups in total. The Bertz CT molecular complexity index is 988. The first-order chi connectivity index (χ1) is 13.5. The van der Waals surface area contributed by atoms with Crippen LogP contribution in [0.3, 0.4) is 0 Å². The number of halogens is 2. The fraction of sp³-hybridized carbons (Fsp3) is 0.286. The van der Waals surface area contributed by atoms with E-state index in [1.807, 2.05) is 16.8 Å². The van der Waals surface area contributed by atoms with Crippen molar-refractivity contribution in [3.8, 4) is 22.4 Å². The lowest BCUT2D eigenvalue weighted by Crippen LogP contribution is -2.37. The van der Waals surface area contributed by atoms with Crippen LogP contribution in [-0.4, -0.2) is 46.2 Å². The molecule has 1 aromatic carbocycles. The Hall–Kier alpha value is -2.77. The van der Waals surface area contributed by atoms with Gasteiger partial charge in [0.05, 0.1) is 18.2 Å². The molecule has 0 unspecified atom stereocenters. The van der Waals surface area contributed by atoms with E-state index in [1.54, 1.807) is 43.5 Å². The van der Waals surface area contributed by atoms with Gasteiger partial charge in [0.2, 0.25) is 5.91 Å². The molecule has 3 heterocycles. The van der Waals surface area contributed by atoms with Crippen molar-refractivity contribution < 1.29 is 9.18 Å². The second-order valence-electron chi connectivity index (χ2n) is 7.13. The number of nitrogens with one attached hydrogen (secondary N) is 1. The van der Waals surface area contributed by atoms with Crippen molar-refractivity contribution in [2.45, 2.75) is 19.0 Å². The maximum atomic E-state index is 13.4. The number of aromatic nitrogens is 3. The minimum Gasteiger partial charge on any atom is -0.349 e. The van der Waals surface area contributed by atoms with Crippen molar-refractivity contribution in [2.24, 2.45) is 0 Å².